The molecule has 1 heterocycles. The fraction of sp³-hybridized carbons (Fsp3) is 0.105. The second-order valence-corrected chi connectivity index (χ2v) is 5.56. The van der Waals surface area contributed by atoms with Crippen molar-refractivity contribution in [3.05, 3.63) is 69.9 Å². The van der Waals surface area contributed by atoms with Gasteiger partial charge < -0.3 is 4.42 Å². The van der Waals surface area contributed by atoms with E-state index in [4.69, 9.17) is 4.42 Å². The molecule has 1 aromatic heterocycles. The summed E-state index contributed by atoms with van der Waals surface area (Å²) in [5.41, 5.74) is 3.58. The average Bonchev–Trinajstić information content (AvgIpc) is 2.48. The minimum atomic E-state index is 0.0418. The number of fused-ring (bicyclic) bond motifs is 3. The summed E-state index contributed by atoms with van der Waals surface area (Å²) in [6.07, 6.45) is 0. The van der Waals surface area contributed by atoms with E-state index in [9.17, 15) is 4.79 Å². The molecule has 0 amide bonds. The predicted molar refractivity (Wildman–Crippen MR) is 87.0 cm³/mol. The molecule has 102 valence electrons. The maximum Gasteiger partial charge on any atom is 0.200 e. The molecule has 0 saturated carbocycles. The lowest BCUT2D eigenvalue weighted by atomic mass is 10.0. The summed E-state index contributed by atoms with van der Waals surface area (Å²) in [5, 5.41) is 3.43. The first kappa shape index (κ1) is 12.2. The Morgan fingerprint density at radius 1 is 0.762 bits per heavy atom. The molecule has 0 aliphatic rings. The van der Waals surface area contributed by atoms with Crippen molar-refractivity contribution in [1.29, 1.82) is 0 Å². The largest absolute Gasteiger partial charge is 0.456 e. The molecule has 0 fully saturated rings. The highest BCUT2D eigenvalue weighted by atomic mass is 16.3. The van der Waals surface area contributed by atoms with E-state index in [1.807, 2.05) is 62.4 Å². The lowest BCUT2D eigenvalue weighted by molar-refractivity contribution is 0.660. The third-order valence-corrected chi connectivity index (χ3v) is 4.15. The Balaban J connectivity index is 2.24. The van der Waals surface area contributed by atoms with Gasteiger partial charge in [-0.3, -0.25) is 4.79 Å². The van der Waals surface area contributed by atoms with Gasteiger partial charge in [-0.2, -0.15) is 0 Å². The molecule has 0 N–H and O–H groups in total. The van der Waals surface area contributed by atoms with Gasteiger partial charge in [0.2, 0.25) is 5.43 Å². The Morgan fingerprint density at radius 3 is 2.10 bits per heavy atom. The number of hydrogen-bond acceptors (Lipinski definition) is 2. The molecule has 0 radical (unpaired) electrons. The molecule has 0 atom stereocenters. The van der Waals surface area contributed by atoms with Crippen LogP contribution in [0.15, 0.2) is 57.7 Å². The van der Waals surface area contributed by atoms with Gasteiger partial charge in [0.05, 0.1) is 10.8 Å². The van der Waals surface area contributed by atoms with E-state index in [0.29, 0.717) is 21.9 Å². The first-order chi connectivity index (χ1) is 10.1. The fourth-order valence-corrected chi connectivity index (χ4v) is 2.80. The molecule has 3 aromatic carbocycles. The standard InChI is InChI=1S/C19H14O2/c1-11-7-15-17(8-12(11)2)21-18-10-14-6-4-3-5-13(14)9-16(18)19(15)20/h3-10H,1-2H3. The number of rotatable bonds is 0. The van der Waals surface area contributed by atoms with Crippen molar-refractivity contribution >= 4 is 32.7 Å². The van der Waals surface area contributed by atoms with Gasteiger partial charge in [-0.15, -0.1) is 0 Å². The Morgan fingerprint density at radius 2 is 1.33 bits per heavy atom. The highest BCUT2D eigenvalue weighted by Gasteiger charge is 2.10. The van der Waals surface area contributed by atoms with E-state index in [1.54, 1.807) is 0 Å². The van der Waals surface area contributed by atoms with Crippen LogP contribution in [-0.2, 0) is 0 Å². The zero-order valence-electron chi connectivity index (χ0n) is 11.9. The predicted octanol–water partition coefficient (Wildman–Crippen LogP) is 4.72. The van der Waals surface area contributed by atoms with Gasteiger partial charge in [0.1, 0.15) is 11.2 Å². The molecule has 4 aromatic rings. The number of hydrogen-bond donors (Lipinski definition) is 0. The third kappa shape index (κ3) is 1.76. The first-order valence-corrected chi connectivity index (χ1v) is 7.00. The van der Waals surface area contributed by atoms with E-state index in [-0.39, 0.29) is 5.43 Å². The molecule has 0 bridgehead atoms. The van der Waals surface area contributed by atoms with Crippen molar-refractivity contribution in [3.63, 3.8) is 0 Å². The van der Waals surface area contributed by atoms with Crippen LogP contribution >= 0.6 is 0 Å². The van der Waals surface area contributed by atoms with Crippen molar-refractivity contribution in [2.45, 2.75) is 13.8 Å². The highest BCUT2D eigenvalue weighted by Crippen LogP contribution is 2.25. The van der Waals surface area contributed by atoms with Gasteiger partial charge in [0.25, 0.3) is 0 Å². The molecule has 0 spiro atoms. The van der Waals surface area contributed by atoms with Crippen LogP contribution in [0.3, 0.4) is 0 Å². The van der Waals surface area contributed by atoms with Gasteiger partial charge in [0.15, 0.2) is 0 Å². The summed E-state index contributed by atoms with van der Waals surface area (Å²) in [6, 6.07) is 15.7. The van der Waals surface area contributed by atoms with Crippen molar-refractivity contribution < 1.29 is 4.42 Å². The topological polar surface area (TPSA) is 30.2 Å². The minimum Gasteiger partial charge on any atom is -0.456 e. The van der Waals surface area contributed by atoms with Crippen LogP contribution in [0.5, 0.6) is 0 Å². The molecule has 0 aliphatic carbocycles. The molecule has 2 nitrogen and oxygen atoms in total. The highest BCUT2D eigenvalue weighted by molar-refractivity contribution is 5.99. The summed E-state index contributed by atoms with van der Waals surface area (Å²) >= 11 is 0. The Kier molecular flexibility index (Phi) is 2.43. The summed E-state index contributed by atoms with van der Waals surface area (Å²) in [5.74, 6) is 0. The molecule has 0 aliphatic heterocycles. The molecular weight excluding hydrogens is 260 g/mol. The van der Waals surface area contributed by atoms with Gasteiger partial charge in [-0.25, -0.2) is 0 Å². The Bertz CT molecular complexity index is 1070. The second-order valence-electron chi connectivity index (χ2n) is 5.56. The molecular formula is C19H14O2. The quantitative estimate of drug-likeness (QED) is 0.434. The van der Waals surface area contributed by atoms with Crippen molar-refractivity contribution in [2.24, 2.45) is 0 Å². The monoisotopic (exact) mass is 274 g/mol. The van der Waals surface area contributed by atoms with Crippen molar-refractivity contribution in [2.75, 3.05) is 0 Å². The van der Waals surface area contributed by atoms with E-state index < -0.39 is 0 Å². The van der Waals surface area contributed by atoms with Gasteiger partial charge >= 0.3 is 0 Å². The zero-order chi connectivity index (χ0) is 14.6. The SMILES string of the molecule is Cc1cc2oc3cc4ccccc4cc3c(=O)c2cc1C. The summed E-state index contributed by atoms with van der Waals surface area (Å²) in [7, 11) is 0. The molecule has 0 unspecified atom stereocenters. The molecule has 21 heavy (non-hydrogen) atoms. The smallest absolute Gasteiger partial charge is 0.200 e. The summed E-state index contributed by atoms with van der Waals surface area (Å²) in [6.45, 7) is 4.04. The van der Waals surface area contributed by atoms with Crippen molar-refractivity contribution in [1.82, 2.24) is 0 Å². The van der Waals surface area contributed by atoms with E-state index >= 15 is 0 Å². The average molecular weight is 274 g/mol. The third-order valence-electron chi connectivity index (χ3n) is 4.15. The summed E-state index contributed by atoms with van der Waals surface area (Å²) < 4.78 is 5.97. The van der Waals surface area contributed by atoms with Crippen LogP contribution in [0.2, 0.25) is 0 Å². The van der Waals surface area contributed by atoms with Crippen LogP contribution in [0.25, 0.3) is 32.7 Å². The van der Waals surface area contributed by atoms with Crippen LogP contribution in [-0.4, -0.2) is 0 Å². The second kappa shape index (κ2) is 4.19. The van der Waals surface area contributed by atoms with E-state index in [0.717, 1.165) is 21.9 Å². The van der Waals surface area contributed by atoms with Crippen LogP contribution in [0.1, 0.15) is 11.1 Å². The normalized spacial score (nSPS) is 11.5. The lowest BCUT2D eigenvalue weighted by Gasteiger charge is -2.06. The lowest BCUT2D eigenvalue weighted by Crippen LogP contribution is -2.03. The fourth-order valence-electron chi connectivity index (χ4n) is 2.80. The van der Waals surface area contributed by atoms with Crippen molar-refractivity contribution in [3.8, 4) is 0 Å². The van der Waals surface area contributed by atoms with E-state index in [2.05, 4.69) is 0 Å². The maximum atomic E-state index is 12.7. The Hall–Kier alpha value is -2.61. The van der Waals surface area contributed by atoms with Crippen LogP contribution < -0.4 is 5.43 Å². The molecule has 4 rings (SSSR count). The molecule has 2 heteroatoms. The minimum absolute atomic E-state index is 0.0418. The zero-order valence-corrected chi connectivity index (χ0v) is 11.9. The summed E-state index contributed by atoms with van der Waals surface area (Å²) in [4.78, 5) is 12.7. The number of aryl methyl sites for hydroxylation is 2. The van der Waals surface area contributed by atoms with E-state index in [1.165, 1.54) is 0 Å². The van der Waals surface area contributed by atoms with Gasteiger partial charge in [0, 0.05) is 0 Å². The number of benzene rings is 3. The van der Waals surface area contributed by atoms with Gasteiger partial charge in [-0.1, -0.05) is 24.3 Å². The molecule has 0 saturated heterocycles. The Labute approximate surface area is 121 Å². The van der Waals surface area contributed by atoms with Crippen LogP contribution in [0, 0.1) is 13.8 Å². The van der Waals surface area contributed by atoms with Gasteiger partial charge in [-0.05, 0) is 60.0 Å². The maximum absolute atomic E-state index is 12.7. The first-order valence-electron chi connectivity index (χ1n) is 7.00. The van der Waals surface area contributed by atoms with Crippen LogP contribution in [0.4, 0.5) is 0 Å².